The number of hydrogen-bond donors (Lipinski definition) is 1. The van der Waals surface area contributed by atoms with Crippen LogP contribution in [0.15, 0.2) is 36.7 Å². The third-order valence-corrected chi connectivity index (χ3v) is 2.92. The van der Waals surface area contributed by atoms with Crippen LogP contribution in [0.4, 0.5) is 0 Å². The zero-order chi connectivity index (χ0) is 14.0. The van der Waals surface area contributed by atoms with Crippen molar-refractivity contribution in [2.45, 2.75) is 32.9 Å². The number of ether oxygens (including phenoxy) is 1. The van der Waals surface area contributed by atoms with Crippen LogP contribution in [0.2, 0.25) is 0 Å². The van der Waals surface area contributed by atoms with Gasteiger partial charge in [-0.25, -0.2) is 9.67 Å². The van der Waals surface area contributed by atoms with E-state index < -0.39 is 0 Å². The van der Waals surface area contributed by atoms with Crippen molar-refractivity contribution in [3.05, 3.63) is 42.5 Å². The van der Waals surface area contributed by atoms with E-state index in [1.807, 2.05) is 35.0 Å². The standard InChI is InChI=1S/C15H22N4O/c1-2-10-19-15(17-13-18-19)12-16-9-6-11-20-14-7-4-3-5-8-14/h3-5,7-8,13,16H,2,6,9-12H2,1H3. The lowest BCUT2D eigenvalue weighted by molar-refractivity contribution is 0.307. The normalized spacial score (nSPS) is 10.7. The maximum atomic E-state index is 5.63. The summed E-state index contributed by atoms with van der Waals surface area (Å²) in [7, 11) is 0. The highest BCUT2D eigenvalue weighted by molar-refractivity contribution is 5.20. The molecule has 0 amide bonds. The first kappa shape index (κ1) is 14.5. The van der Waals surface area contributed by atoms with Gasteiger partial charge in [0.2, 0.25) is 0 Å². The zero-order valence-corrected chi connectivity index (χ0v) is 12.0. The number of rotatable bonds is 9. The summed E-state index contributed by atoms with van der Waals surface area (Å²) in [6, 6.07) is 9.89. The summed E-state index contributed by atoms with van der Waals surface area (Å²) in [5.74, 6) is 1.92. The molecule has 0 bridgehead atoms. The fourth-order valence-corrected chi connectivity index (χ4v) is 1.93. The number of nitrogens with one attached hydrogen (secondary N) is 1. The van der Waals surface area contributed by atoms with Gasteiger partial charge in [0.15, 0.2) is 0 Å². The molecule has 0 spiro atoms. The SMILES string of the molecule is CCCn1ncnc1CNCCCOc1ccccc1. The summed E-state index contributed by atoms with van der Waals surface area (Å²) in [5.41, 5.74) is 0. The molecule has 5 heteroatoms. The Balaban J connectivity index is 1.58. The number of nitrogens with zero attached hydrogens (tertiary/aromatic N) is 3. The fraction of sp³-hybridized carbons (Fsp3) is 0.467. The van der Waals surface area contributed by atoms with E-state index >= 15 is 0 Å². The molecule has 108 valence electrons. The van der Waals surface area contributed by atoms with E-state index in [0.29, 0.717) is 0 Å². The van der Waals surface area contributed by atoms with Gasteiger partial charge in [-0.15, -0.1) is 0 Å². The second-order valence-corrected chi connectivity index (χ2v) is 4.59. The van der Waals surface area contributed by atoms with E-state index in [2.05, 4.69) is 22.3 Å². The van der Waals surface area contributed by atoms with Crippen molar-refractivity contribution in [3.63, 3.8) is 0 Å². The van der Waals surface area contributed by atoms with Gasteiger partial charge >= 0.3 is 0 Å². The van der Waals surface area contributed by atoms with Gasteiger partial charge in [0.05, 0.1) is 13.2 Å². The Morgan fingerprint density at radius 2 is 2.10 bits per heavy atom. The lowest BCUT2D eigenvalue weighted by Crippen LogP contribution is -2.20. The highest BCUT2D eigenvalue weighted by Gasteiger charge is 2.02. The van der Waals surface area contributed by atoms with Gasteiger partial charge in [-0.3, -0.25) is 0 Å². The van der Waals surface area contributed by atoms with E-state index in [9.17, 15) is 0 Å². The molecule has 1 heterocycles. The van der Waals surface area contributed by atoms with Gasteiger partial charge in [0.25, 0.3) is 0 Å². The molecule has 0 saturated carbocycles. The smallest absolute Gasteiger partial charge is 0.140 e. The minimum atomic E-state index is 0.721. The predicted molar refractivity (Wildman–Crippen MR) is 78.6 cm³/mol. The van der Waals surface area contributed by atoms with Gasteiger partial charge in [0.1, 0.15) is 17.9 Å². The summed E-state index contributed by atoms with van der Waals surface area (Å²) in [4.78, 5) is 4.26. The van der Waals surface area contributed by atoms with Crippen molar-refractivity contribution in [1.82, 2.24) is 20.1 Å². The lowest BCUT2D eigenvalue weighted by Gasteiger charge is -2.07. The van der Waals surface area contributed by atoms with Crippen LogP contribution >= 0.6 is 0 Å². The van der Waals surface area contributed by atoms with Gasteiger partial charge in [-0.2, -0.15) is 5.10 Å². The van der Waals surface area contributed by atoms with Crippen LogP contribution in [0.5, 0.6) is 5.75 Å². The number of hydrogen-bond acceptors (Lipinski definition) is 4. The monoisotopic (exact) mass is 274 g/mol. The Bertz CT molecular complexity index is 484. The molecular formula is C15H22N4O. The number of aryl methyl sites for hydroxylation is 1. The van der Waals surface area contributed by atoms with Crippen LogP contribution in [-0.2, 0) is 13.1 Å². The topological polar surface area (TPSA) is 52.0 Å². The maximum absolute atomic E-state index is 5.63. The van der Waals surface area contributed by atoms with Crippen LogP contribution < -0.4 is 10.1 Å². The molecule has 5 nitrogen and oxygen atoms in total. The fourth-order valence-electron chi connectivity index (χ4n) is 1.93. The average molecular weight is 274 g/mol. The molecule has 1 aromatic heterocycles. The lowest BCUT2D eigenvalue weighted by atomic mass is 10.3. The first-order valence-electron chi connectivity index (χ1n) is 7.15. The molecule has 20 heavy (non-hydrogen) atoms. The molecular weight excluding hydrogens is 252 g/mol. The zero-order valence-electron chi connectivity index (χ0n) is 12.0. The summed E-state index contributed by atoms with van der Waals surface area (Å²) in [6.07, 6.45) is 3.66. The largest absolute Gasteiger partial charge is 0.494 e. The number of benzene rings is 1. The Morgan fingerprint density at radius 1 is 1.25 bits per heavy atom. The Hall–Kier alpha value is -1.88. The minimum Gasteiger partial charge on any atom is -0.494 e. The molecule has 0 unspecified atom stereocenters. The highest BCUT2D eigenvalue weighted by atomic mass is 16.5. The maximum Gasteiger partial charge on any atom is 0.140 e. The Morgan fingerprint density at radius 3 is 2.90 bits per heavy atom. The predicted octanol–water partition coefficient (Wildman–Crippen LogP) is 2.25. The van der Waals surface area contributed by atoms with Crippen LogP contribution in [0.25, 0.3) is 0 Å². The van der Waals surface area contributed by atoms with Gasteiger partial charge in [-0.1, -0.05) is 25.1 Å². The van der Waals surface area contributed by atoms with E-state index in [4.69, 9.17) is 4.74 Å². The molecule has 0 saturated heterocycles. The minimum absolute atomic E-state index is 0.721. The molecule has 1 aromatic carbocycles. The average Bonchev–Trinajstić information content (AvgIpc) is 2.92. The second kappa shape index (κ2) is 8.32. The molecule has 0 aliphatic rings. The molecule has 0 aliphatic heterocycles. The van der Waals surface area contributed by atoms with Crippen LogP contribution in [0.1, 0.15) is 25.6 Å². The molecule has 2 aromatic rings. The Labute approximate surface area is 120 Å². The third kappa shape index (κ3) is 4.66. The second-order valence-electron chi connectivity index (χ2n) is 4.59. The Kier molecular flexibility index (Phi) is 6.05. The first-order chi connectivity index (χ1) is 9.90. The van der Waals surface area contributed by atoms with Crippen molar-refractivity contribution in [2.75, 3.05) is 13.2 Å². The molecule has 2 rings (SSSR count). The summed E-state index contributed by atoms with van der Waals surface area (Å²) in [5, 5.41) is 7.57. The van der Waals surface area contributed by atoms with Crippen LogP contribution in [0, 0.1) is 0 Å². The molecule has 0 radical (unpaired) electrons. The van der Waals surface area contributed by atoms with Gasteiger partial charge in [0, 0.05) is 6.54 Å². The van der Waals surface area contributed by atoms with E-state index in [1.165, 1.54) is 0 Å². The molecule has 1 N–H and O–H groups in total. The molecule has 0 fully saturated rings. The quantitative estimate of drug-likeness (QED) is 0.713. The van der Waals surface area contributed by atoms with E-state index in [0.717, 1.165) is 50.7 Å². The summed E-state index contributed by atoms with van der Waals surface area (Å²) < 4.78 is 7.58. The van der Waals surface area contributed by atoms with Crippen molar-refractivity contribution >= 4 is 0 Å². The first-order valence-corrected chi connectivity index (χ1v) is 7.15. The molecule has 0 aliphatic carbocycles. The molecule has 0 atom stereocenters. The van der Waals surface area contributed by atoms with Gasteiger partial charge < -0.3 is 10.1 Å². The highest BCUT2D eigenvalue weighted by Crippen LogP contribution is 2.08. The van der Waals surface area contributed by atoms with Crippen molar-refractivity contribution in [3.8, 4) is 5.75 Å². The van der Waals surface area contributed by atoms with Crippen LogP contribution in [0.3, 0.4) is 0 Å². The van der Waals surface area contributed by atoms with Gasteiger partial charge in [-0.05, 0) is 31.5 Å². The van der Waals surface area contributed by atoms with Crippen molar-refractivity contribution < 1.29 is 4.74 Å². The number of aromatic nitrogens is 3. The van der Waals surface area contributed by atoms with Crippen molar-refractivity contribution in [1.29, 1.82) is 0 Å². The van der Waals surface area contributed by atoms with E-state index in [-0.39, 0.29) is 0 Å². The number of para-hydroxylation sites is 1. The van der Waals surface area contributed by atoms with Crippen LogP contribution in [-0.4, -0.2) is 27.9 Å². The summed E-state index contributed by atoms with van der Waals surface area (Å²) in [6.45, 7) is 5.45. The van der Waals surface area contributed by atoms with E-state index in [1.54, 1.807) is 6.33 Å². The summed E-state index contributed by atoms with van der Waals surface area (Å²) >= 11 is 0. The third-order valence-electron chi connectivity index (χ3n) is 2.92. The van der Waals surface area contributed by atoms with Crippen molar-refractivity contribution in [2.24, 2.45) is 0 Å².